The van der Waals surface area contributed by atoms with Crippen LogP contribution in [0, 0.1) is 23.2 Å². The Hall–Kier alpha value is -1.53. The lowest BCUT2D eigenvalue weighted by atomic mass is 10.0. The van der Waals surface area contributed by atoms with Gasteiger partial charge in [0.2, 0.25) is 5.28 Å². The molecule has 1 N–H and O–H groups in total. The number of rotatable bonds is 8. The van der Waals surface area contributed by atoms with E-state index < -0.39 is 21.3 Å². The van der Waals surface area contributed by atoms with Crippen LogP contribution in [0.4, 0.5) is 5.82 Å². The number of nitrogens with zero attached hydrogens (tertiary/aromatic N) is 4. The Balaban J connectivity index is 1.25. The maximum atomic E-state index is 11.8. The molecule has 0 unspecified atom stereocenters. The Kier molecular flexibility index (Phi) is 4.71. The van der Waals surface area contributed by atoms with Crippen LogP contribution in [0.1, 0.15) is 52.0 Å². The van der Waals surface area contributed by atoms with Gasteiger partial charge in [-0.3, -0.25) is 4.18 Å². The fraction of sp³-hybridized carbons (Fsp3) is 0.783. The fourth-order valence-electron chi connectivity index (χ4n) is 6.57. The summed E-state index contributed by atoms with van der Waals surface area (Å²) < 4.78 is 43.5. The number of imidazole rings is 1. The first-order valence-electron chi connectivity index (χ1n) is 12.4. The van der Waals surface area contributed by atoms with Gasteiger partial charge >= 0.3 is 0 Å². The summed E-state index contributed by atoms with van der Waals surface area (Å²) >= 11 is 6.42. The number of hydrogen-bond donors (Lipinski definition) is 1. The smallest absolute Gasteiger partial charge is 0.264 e. The summed E-state index contributed by atoms with van der Waals surface area (Å²) in [5.41, 5.74) is 0.923. The van der Waals surface area contributed by atoms with Gasteiger partial charge in [-0.2, -0.15) is 18.4 Å². The molecule has 0 spiro atoms. The molecule has 2 aromatic heterocycles. The highest BCUT2D eigenvalue weighted by Gasteiger charge is 2.76. The molecular weight excluding hydrogens is 494 g/mol. The van der Waals surface area contributed by atoms with Gasteiger partial charge in [-0.1, -0.05) is 0 Å². The number of nitrogens with one attached hydrogen (secondary N) is 1. The molecule has 12 heteroatoms. The average molecular weight is 524 g/mol. The van der Waals surface area contributed by atoms with E-state index in [0.29, 0.717) is 34.9 Å². The Morgan fingerprint density at radius 1 is 1.23 bits per heavy atom. The standard InChI is InChI=1S/C23H30ClN5O5S/c1-22(2)33-17-16(13-8-23(13,18(17)34-22)9-32-35(3,30)31)29-10-25-15-19(27-21(24)28-20(15)29)26-14(11-4-5-11)12-6-7-12/h10-14,16-18H,4-9H2,1-3H3,(H,26,27,28)/t13-,16-,17+,18+,23+/m1/s1. The number of halogens is 1. The summed E-state index contributed by atoms with van der Waals surface area (Å²) in [5, 5.41) is 3.84. The van der Waals surface area contributed by atoms with Crippen molar-refractivity contribution in [3.05, 3.63) is 11.6 Å². The molecule has 4 saturated carbocycles. The van der Waals surface area contributed by atoms with E-state index in [4.69, 9.17) is 30.2 Å². The zero-order valence-electron chi connectivity index (χ0n) is 20.0. The van der Waals surface area contributed by atoms with Gasteiger partial charge in [0.15, 0.2) is 22.8 Å². The van der Waals surface area contributed by atoms with E-state index in [1.165, 1.54) is 25.7 Å². The lowest BCUT2D eigenvalue weighted by Gasteiger charge is -2.24. The fourth-order valence-corrected chi connectivity index (χ4v) is 7.16. The molecule has 35 heavy (non-hydrogen) atoms. The van der Waals surface area contributed by atoms with E-state index >= 15 is 0 Å². The summed E-state index contributed by atoms with van der Waals surface area (Å²) in [5.74, 6) is 1.40. The van der Waals surface area contributed by atoms with Crippen molar-refractivity contribution in [2.45, 2.75) is 76.0 Å². The molecule has 5 aliphatic rings. The third-order valence-corrected chi connectivity index (χ3v) is 9.16. The molecule has 190 valence electrons. The maximum Gasteiger partial charge on any atom is 0.264 e. The van der Waals surface area contributed by atoms with Gasteiger partial charge in [-0.25, -0.2) is 4.98 Å². The molecule has 0 amide bonds. The van der Waals surface area contributed by atoms with Crippen LogP contribution in [-0.4, -0.2) is 64.8 Å². The van der Waals surface area contributed by atoms with Gasteiger partial charge in [0.1, 0.15) is 6.10 Å². The molecule has 0 bridgehead atoms. The van der Waals surface area contributed by atoms with Crippen LogP contribution in [0.3, 0.4) is 0 Å². The van der Waals surface area contributed by atoms with E-state index in [0.717, 1.165) is 12.7 Å². The molecule has 0 aromatic carbocycles. The minimum atomic E-state index is -3.58. The van der Waals surface area contributed by atoms with Crippen LogP contribution in [-0.2, 0) is 23.8 Å². The quantitative estimate of drug-likeness (QED) is 0.411. The lowest BCUT2D eigenvalue weighted by Crippen LogP contribution is -2.34. The molecule has 10 nitrogen and oxygen atoms in total. The molecule has 4 aliphatic carbocycles. The molecule has 1 saturated heterocycles. The summed E-state index contributed by atoms with van der Waals surface area (Å²) in [6, 6.07) is 0.276. The van der Waals surface area contributed by atoms with E-state index in [9.17, 15) is 8.42 Å². The molecule has 0 radical (unpaired) electrons. The summed E-state index contributed by atoms with van der Waals surface area (Å²) in [7, 11) is -3.58. The van der Waals surface area contributed by atoms with E-state index in [1.54, 1.807) is 6.33 Å². The Labute approximate surface area is 209 Å². The average Bonchev–Trinajstić information content (AvgIpc) is 3.67. The van der Waals surface area contributed by atoms with Gasteiger partial charge in [0, 0.05) is 11.5 Å². The van der Waals surface area contributed by atoms with Gasteiger partial charge in [-0.15, -0.1) is 0 Å². The molecule has 2 aromatic rings. The molecular formula is C23H30ClN5O5S. The van der Waals surface area contributed by atoms with E-state index in [2.05, 4.69) is 15.3 Å². The van der Waals surface area contributed by atoms with Gasteiger partial charge in [0.05, 0.1) is 31.3 Å². The van der Waals surface area contributed by atoms with Gasteiger partial charge < -0.3 is 19.4 Å². The van der Waals surface area contributed by atoms with Crippen LogP contribution in [0.5, 0.6) is 0 Å². The first kappa shape index (κ1) is 22.7. The van der Waals surface area contributed by atoms with Crippen molar-refractivity contribution in [1.82, 2.24) is 19.5 Å². The second kappa shape index (κ2) is 7.28. The number of ether oxygens (including phenoxy) is 2. The van der Waals surface area contributed by atoms with Crippen LogP contribution < -0.4 is 5.32 Å². The third-order valence-electron chi connectivity index (χ3n) is 8.44. The topological polar surface area (TPSA) is 117 Å². The van der Waals surface area contributed by atoms with Crippen LogP contribution in [0.25, 0.3) is 11.2 Å². The zero-order valence-corrected chi connectivity index (χ0v) is 21.6. The number of hydrogen-bond acceptors (Lipinski definition) is 9. The van der Waals surface area contributed by atoms with Gasteiger partial charge in [0.25, 0.3) is 10.1 Å². The van der Waals surface area contributed by atoms with Crippen LogP contribution >= 0.6 is 11.6 Å². The molecule has 5 fully saturated rings. The predicted octanol–water partition coefficient (Wildman–Crippen LogP) is 3.14. The molecule has 7 rings (SSSR count). The second-order valence-electron chi connectivity index (χ2n) is 11.5. The Bertz CT molecular complexity index is 1300. The van der Waals surface area contributed by atoms with Crippen molar-refractivity contribution in [2.75, 3.05) is 18.2 Å². The largest absolute Gasteiger partial charge is 0.365 e. The highest BCUT2D eigenvalue weighted by molar-refractivity contribution is 7.85. The lowest BCUT2D eigenvalue weighted by molar-refractivity contribution is -0.162. The first-order valence-corrected chi connectivity index (χ1v) is 14.6. The van der Waals surface area contributed by atoms with Crippen molar-refractivity contribution in [1.29, 1.82) is 0 Å². The van der Waals surface area contributed by atoms with Gasteiger partial charge in [-0.05, 0) is 75.3 Å². The molecule has 3 heterocycles. The van der Waals surface area contributed by atoms with Crippen molar-refractivity contribution in [2.24, 2.45) is 23.2 Å². The Morgan fingerprint density at radius 2 is 1.94 bits per heavy atom. The van der Waals surface area contributed by atoms with Crippen molar-refractivity contribution < 1.29 is 22.1 Å². The summed E-state index contributed by atoms with van der Waals surface area (Å²) in [4.78, 5) is 13.8. The van der Waals surface area contributed by atoms with E-state index in [1.807, 2.05) is 18.4 Å². The van der Waals surface area contributed by atoms with Crippen LogP contribution in [0.2, 0.25) is 5.28 Å². The first-order chi connectivity index (χ1) is 16.5. The van der Waals surface area contributed by atoms with Crippen molar-refractivity contribution >= 4 is 38.7 Å². The minimum absolute atomic E-state index is 0.0766. The number of fused-ring (bicyclic) bond motifs is 4. The highest BCUT2D eigenvalue weighted by atomic mass is 35.5. The predicted molar refractivity (Wildman–Crippen MR) is 127 cm³/mol. The van der Waals surface area contributed by atoms with Crippen LogP contribution in [0.15, 0.2) is 6.33 Å². The second-order valence-corrected chi connectivity index (χ2v) is 13.5. The molecule has 5 atom stereocenters. The molecule has 1 aliphatic heterocycles. The summed E-state index contributed by atoms with van der Waals surface area (Å²) in [6.45, 7) is 3.84. The maximum absolute atomic E-state index is 11.8. The third kappa shape index (κ3) is 3.77. The zero-order chi connectivity index (χ0) is 24.3. The Morgan fingerprint density at radius 3 is 2.60 bits per heavy atom. The summed E-state index contributed by atoms with van der Waals surface area (Å²) in [6.07, 6.45) is 8.09. The normalized spacial score (nSPS) is 35.5. The van der Waals surface area contributed by atoms with Crippen molar-refractivity contribution in [3.8, 4) is 0 Å². The monoisotopic (exact) mass is 523 g/mol. The van der Waals surface area contributed by atoms with E-state index in [-0.39, 0.29) is 36.1 Å². The minimum Gasteiger partial charge on any atom is -0.365 e. The number of aromatic nitrogens is 4. The van der Waals surface area contributed by atoms with Crippen molar-refractivity contribution in [3.63, 3.8) is 0 Å². The number of anilines is 1. The SMILES string of the molecule is CC1(C)O[C@H]2[C@H](n3cnc4c(NC(C5CC5)C5CC5)nc(Cl)nc43)[C@H]3C[C@@]3(COS(C)(=O)=O)[C@H]2O1. The highest BCUT2D eigenvalue weighted by Crippen LogP contribution is 2.71.